The van der Waals surface area contributed by atoms with Crippen molar-refractivity contribution >= 4 is 37.8 Å². The molecule has 0 unspecified atom stereocenters. The molecule has 0 aliphatic rings. The molecule has 0 aliphatic carbocycles. The topological polar surface area (TPSA) is 29.1 Å². The molecule has 18 heavy (non-hydrogen) atoms. The number of hydrogen-bond donors (Lipinski definition) is 1. The average molecular weight is 377 g/mol. The van der Waals surface area contributed by atoms with Gasteiger partial charge in [0.05, 0.1) is 0 Å². The summed E-state index contributed by atoms with van der Waals surface area (Å²) in [6, 6.07) is 5.69. The van der Waals surface area contributed by atoms with Gasteiger partial charge in [-0.05, 0) is 37.5 Å². The Kier molecular flexibility index (Phi) is 7.59. The molecule has 0 bridgehead atoms. The van der Waals surface area contributed by atoms with Gasteiger partial charge in [0.1, 0.15) is 0 Å². The minimum atomic E-state index is 0.0104. The first kappa shape index (κ1) is 15.7. The van der Waals surface area contributed by atoms with E-state index in [9.17, 15) is 4.79 Å². The first-order valence-corrected chi connectivity index (χ1v) is 8.17. The fourth-order valence-corrected chi connectivity index (χ4v) is 2.39. The number of amides is 1. The number of nitrogens with one attached hydrogen (secondary N) is 1. The van der Waals surface area contributed by atoms with Crippen molar-refractivity contribution in [2.24, 2.45) is 0 Å². The van der Waals surface area contributed by atoms with Crippen LogP contribution in [0.15, 0.2) is 22.7 Å². The summed E-state index contributed by atoms with van der Waals surface area (Å²) >= 11 is 6.85. The van der Waals surface area contributed by atoms with E-state index in [-0.39, 0.29) is 5.91 Å². The first-order valence-electron chi connectivity index (χ1n) is 6.25. The Labute approximate surface area is 126 Å². The number of benzene rings is 1. The third-order valence-corrected chi connectivity index (χ3v) is 4.20. The smallest absolute Gasteiger partial charge is 0.251 e. The summed E-state index contributed by atoms with van der Waals surface area (Å²) in [6.07, 6.45) is 4.64. The molecule has 0 atom stereocenters. The average Bonchev–Trinajstić information content (AvgIpc) is 2.36. The van der Waals surface area contributed by atoms with Gasteiger partial charge in [0.25, 0.3) is 5.91 Å². The predicted octanol–water partition coefficient (Wildman–Crippen LogP) is 4.44. The zero-order chi connectivity index (χ0) is 13.4. The molecule has 1 aromatic carbocycles. The highest BCUT2D eigenvalue weighted by molar-refractivity contribution is 9.10. The Bertz CT molecular complexity index is 393. The van der Waals surface area contributed by atoms with E-state index in [1.807, 2.05) is 25.1 Å². The van der Waals surface area contributed by atoms with Crippen molar-refractivity contribution in [1.82, 2.24) is 5.32 Å². The van der Waals surface area contributed by atoms with Crippen molar-refractivity contribution in [3.05, 3.63) is 33.8 Å². The van der Waals surface area contributed by atoms with Crippen LogP contribution in [0.5, 0.6) is 0 Å². The van der Waals surface area contributed by atoms with E-state index in [1.54, 1.807) is 0 Å². The second kappa shape index (κ2) is 8.70. The second-order valence-corrected chi connectivity index (χ2v) is 5.97. The molecular formula is C14H19Br2NO. The summed E-state index contributed by atoms with van der Waals surface area (Å²) < 4.78 is 0.979. The van der Waals surface area contributed by atoms with Crippen LogP contribution in [0, 0.1) is 6.92 Å². The largest absolute Gasteiger partial charge is 0.352 e. The summed E-state index contributed by atoms with van der Waals surface area (Å²) in [5, 5.41) is 4.02. The fourth-order valence-electron chi connectivity index (χ4n) is 1.61. The van der Waals surface area contributed by atoms with Gasteiger partial charge in [-0.25, -0.2) is 0 Å². The SMILES string of the molecule is Cc1ccc(C(=O)NCCCCCCBr)cc1Br. The van der Waals surface area contributed by atoms with Crippen LogP contribution in [-0.4, -0.2) is 17.8 Å². The highest BCUT2D eigenvalue weighted by Gasteiger charge is 2.06. The van der Waals surface area contributed by atoms with Crippen LogP contribution >= 0.6 is 31.9 Å². The van der Waals surface area contributed by atoms with Gasteiger partial charge in [-0.1, -0.05) is 50.8 Å². The molecule has 1 N–H and O–H groups in total. The van der Waals surface area contributed by atoms with Crippen molar-refractivity contribution in [2.45, 2.75) is 32.6 Å². The molecule has 1 rings (SSSR count). The van der Waals surface area contributed by atoms with Gasteiger partial charge in [-0.2, -0.15) is 0 Å². The zero-order valence-electron chi connectivity index (χ0n) is 10.6. The van der Waals surface area contributed by atoms with E-state index in [0.29, 0.717) is 5.56 Å². The first-order chi connectivity index (χ1) is 8.65. The molecular weight excluding hydrogens is 358 g/mol. The van der Waals surface area contributed by atoms with E-state index < -0.39 is 0 Å². The maximum atomic E-state index is 11.9. The molecule has 0 fully saturated rings. The molecule has 0 heterocycles. The normalized spacial score (nSPS) is 10.4. The number of unbranched alkanes of at least 4 members (excludes halogenated alkanes) is 3. The van der Waals surface area contributed by atoms with E-state index in [4.69, 9.17) is 0 Å². The molecule has 1 aromatic rings. The van der Waals surface area contributed by atoms with Gasteiger partial charge in [0, 0.05) is 21.9 Å². The summed E-state index contributed by atoms with van der Waals surface area (Å²) in [5.74, 6) is 0.0104. The van der Waals surface area contributed by atoms with Crippen molar-refractivity contribution < 1.29 is 4.79 Å². The minimum Gasteiger partial charge on any atom is -0.352 e. The Morgan fingerprint density at radius 2 is 1.94 bits per heavy atom. The zero-order valence-corrected chi connectivity index (χ0v) is 13.8. The lowest BCUT2D eigenvalue weighted by molar-refractivity contribution is 0.0953. The molecule has 1 amide bonds. The number of alkyl halides is 1. The number of rotatable bonds is 7. The van der Waals surface area contributed by atoms with Crippen LogP contribution in [-0.2, 0) is 0 Å². The van der Waals surface area contributed by atoms with Crippen molar-refractivity contribution in [1.29, 1.82) is 0 Å². The Morgan fingerprint density at radius 3 is 2.61 bits per heavy atom. The number of aryl methyl sites for hydroxylation is 1. The summed E-state index contributed by atoms with van der Waals surface area (Å²) in [6.45, 7) is 2.77. The van der Waals surface area contributed by atoms with Crippen LogP contribution < -0.4 is 5.32 Å². The molecule has 4 heteroatoms. The Balaban J connectivity index is 2.30. The van der Waals surface area contributed by atoms with E-state index >= 15 is 0 Å². The Hall–Kier alpha value is -0.350. The highest BCUT2D eigenvalue weighted by atomic mass is 79.9. The lowest BCUT2D eigenvalue weighted by Gasteiger charge is -2.06. The van der Waals surface area contributed by atoms with Gasteiger partial charge in [0.15, 0.2) is 0 Å². The standard InChI is InChI=1S/C14H19Br2NO/c1-11-6-7-12(10-13(11)16)14(18)17-9-5-3-2-4-8-15/h6-7,10H,2-5,8-9H2,1H3,(H,17,18). The van der Waals surface area contributed by atoms with Gasteiger partial charge < -0.3 is 5.32 Å². The maximum Gasteiger partial charge on any atom is 0.251 e. The Morgan fingerprint density at radius 1 is 1.22 bits per heavy atom. The highest BCUT2D eigenvalue weighted by Crippen LogP contribution is 2.17. The van der Waals surface area contributed by atoms with Crippen molar-refractivity contribution in [2.75, 3.05) is 11.9 Å². The number of hydrogen-bond acceptors (Lipinski definition) is 1. The lowest BCUT2D eigenvalue weighted by Crippen LogP contribution is -2.24. The molecule has 0 radical (unpaired) electrons. The van der Waals surface area contributed by atoms with Crippen LogP contribution in [0.4, 0.5) is 0 Å². The second-order valence-electron chi connectivity index (χ2n) is 4.32. The van der Waals surface area contributed by atoms with E-state index in [2.05, 4.69) is 37.2 Å². The molecule has 100 valence electrons. The maximum absolute atomic E-state index is 11.9. The number of carbonyl (C=O) groups is 1. The van der Waals surface area contributed by atoms with Gasteiger partial charge in [-0.3, -0.25) is 4.79 Å². The molecule has 0 aliphatic heterocycles. The fraction of sp³-hybridized carbons (Fsp3) is 0.500. The molecule has 0 spiro atoms. The van der Waals surface area contributed by atoms with Gasteiger partial charge in [-0.15, -0.1) is 0 Å². The molecule has 2 nitrogen and oxygen atoms in total. The lowest BCUT2D eigenvalue weighted by atomic mass is 10.1. The van der Waals surface area contributed by atoms with E-state index in [1.165, 1.54) is 19.3 Å². The number of carbonyl (C=O) groups excluding carboxylic acids is 1. The van der Waals surface area contributed by atoms with Gasteiger partial charge >= 0.3 is 0 Å². The van der Waals surface area contributed by atoms with E-state index in [0.717, 1.165) is 28.3 Å². The third kappa shape index (κ3) is 5.53. The summed E-state index contributed by atoms with van der Waals surface area (Å²) in [5.41, 5.74) is 1.86. The molecule has 0 saturated carbocycles. The summed E-state index contributed by atoms with van der Waals surface area (Å²) in [4.78, 5) is 11.9. The number of halogens is 2. The van der Waals surface area contributed by atoms with Crippen molar-refractivity contribution in [3.63, 3.8) is 0 Å². The van der Waals surface area contributed by atoms with Crippen molar-refractivity contribution in [3.8, 4) is 0 Å². The minimum absolute atomic E-state index is 0.0104. The molecule has 0 aromatic heterocycles. The quantitative estimate of drug-likeness (QED) is 0.553. The third-order valence-electron chi connectivity index (χ3n) is 2.78. The van der Waals surface area contributed by atoms with Gasteiger partial charge in [0.2, 0.25) is 0 Å². The monoisotopic (exact) mass is 375 g/mol. The molecule has 0 saturated heterocycles. The van der Waals surface area contributed by atoms with Crippen LogP contribution in [0.1, 0.15) is 41.6 Å². The van der Waals surface area contributed by atoms with Crippen LogP contribution in [0.3, 0.4) is 0 Å². The predicted molar refractivity (Wildman–Crippen MR) is 83.5 cm³/mol. The summed E-state index contributed by atoms with van der Waals surface area (Å²) in [7, 11) is 0. The van der Waals surface area contributed by atoms with Crippen LogP contribution in [0.2, 0.25) is 0 Å². The van der Waals surface area contributed by atoms with Crippen LogP contribution in [0.25, 0.3) is 0 Å².